The van der Waals surface area contributed by atoms with Gasteiger partial charge in [0.15, 0.2) is 0 Å². The van der Waals surface area contributed by atoms with E-state index in [1.54, 1.807) is 0 Å². The largest absolute Gasteiger partial charge is 0.480 e. The fourth-order valence-corrected chi connectivity index (χ4v) is 2.88. The van der Waals surface area contributed by atoms with Crippen molar-refractivity contribution in [1.29, 1.82) is 0 Å². The predicted octanol–water partition coefficient (Wildman–Crippen LogP) is -1.50. The lowest BCUT2D eigenvalue weighted by Gasteiger charge is -2.23. The van der Waals surface area contributed by atoms with E-state index in [-0.39, 0.29) is 6.04 Å². The van der Waals surface area contributed by atoms with Crippen LogP contribution >= 0.6 is 0 Å². The van der Waals surface area contributed by atoms with Crippen LogP contribution in [0.25, 0.3) is 0 Å². The Labute approximate surface area is 94.0 Å². The Hall–Kier alpha value is -0.700. The van der Waals surface area contributed by atoms with Gasteiger partial charge in [-0.05, 0) is 12.8 Å². The predicted molar refractivity (Wildman–Crippen MR) is 56.4 cm³/mol. The van der Waals surface area contributed by atoms with Crippen LogP contribution in [0.5, 0.6) is 0 Å². The Morgan fingerprint density at radius 2 is 2.06 bits per heavy atom. The van der Waals surface area contributed by atoms with Crippen LogP contribution in [0, 0.1) is 0 Å². The van der Waals surface area contributed by atoms with Gasteiger partial charge in [-0.15, -0.1) is 0 Å². The van der Waals surface area contributed by atoms with Gasteiger partial charge in [0.05, 0.1) is 5.75 Å². The maximum atomic E-state index is 11.5. The molecule has 1 saturated heterocycles. The fourth-order valence-electron chi connectivity index (χ4n) is 1.43. The first kappa shape index (κ1) is 13.4. The third kappa shape index (κ3) is 4.44. The van der Waals surface area contributed by atoms with Gasteiger partial charge >= 0.3 is 5.97 Å². The monoisotopic (exact) mass is 252 g/mol. The second kappa shape index (κ2) is 5.58. The van der Waals surface area contributed by atoms with Crippen LogP contribution in [0.15, 0.2) is 0 Å². The van der Waals surface area contributed by atoms with Crippen molar-refractivity contribution < 1.29 is 23.1 Å². The molecule has 1 atom stereocenters. The fraction of sp³-hybridized carbons (Fsp3) is 0.875. The summed E-state index contributed by atoms with van der Waals surface area (Å²) >= 11 is 0. The lowest BCUT2D eigenvalue weighted by molar-refractivity contribution is -0.137. The number of carbonyl (C=O) groups is 1. The van der Waals surface area contributed by atoms with Gasteiger partial charge in [0.1, 0.15) is 6.04 Å². The molecule has 0 aliphatic carbocycles. The van der Waals surface area contributed by atoms with Crippen LogP contribution in [0.4, 0.5) is 0 Å². The second-order valence-electron chi connectivity index (χ2n) is 3.73. The van der Waals surface area contributed by atoms with Crippen molar-refractivity contribution in [2.24, 2.45) is 5.73 Å². The van der Waals surface area contributed by atoms with Crippen LogP contribution in [0.2, 0.25) is 0 Å². The number of hydrogen-bond acceptors (Lipinski definition) is 5. The van der Waals surface area contributed by atoms with Crippen molar-refractivity contribution in [2.45, 2.75) is 24.9 Å². The molecule has 1 rings (SSSR count). The molecule has 1 aliphatic rings. The molecule has 0 bridgehead atoms. The number of nitrogens with two attached hydrogens (primary N) is 1. The molecule has 1 aliphatic heterocycles. The first-order valence-electron chi connectivity index (χ1n) is 4.97. The number of hydrogen-bond donors (Lipinski definition) is 3. The SMILES string of the molecule is N[C@@H](CS(=O)(=O)NC1CCOCC1)C(=O)O. The quantitative estimate of drug-likeness (QED) is 0.547. The van der Waals surface area contributed by atoms with Crippen molar-refractivity contribution in [3.05, 3.63) is 0 Å². The Kier molecular flexibility index (Phi) is 4.66. The minimum absolute atomic E-state index is 0.181. The minimum Gasteiger partial charge on any atom is -0.480 e. The molecular weight excluding hydrogens is 236 g/mol. The van der Waals surface area contributed by atoms with E-state index in [2.05, 4.69) is 4.72 Å². The van der Waals surface area contributed by atoms with Crippen LogP contribution in [0.1, 0.15) is 12.8 Å². The highest BCUT2D eigenvalue weighted by atomic mass is 32.2. The molecular formula is C8H16N2O5S. The zero-order valence-corrected chi connectivity index (χ0v) is 9.57. The number of carboxylic acids is 1. The van der Waals surface area contributed by atoms with Gasteiger partial charge in [-0.3, -0.25) is 4.79 Å². The molecule has 0 spiro atoms. The normalized spacial score (nSPS) is 20.6. The smallest absolute Gasteiger partial charge is 0.321 e. The summed E-state index contributed by atoms with van der Waals surface area (Å²) in [6.07, 6.45) is 1.20. The van der Waals surface area contributed by atoms with Crippen LogP contribution in [0.3, 0.4) is 0 Å². The molecule has 0 amide bonds. The Balaban J connectivity index is 2.47. The molecule has 1 fully saturated rings. The summed E-state index contributed by atoms with van der Waals surface area (Å²) < 4.78 is 30.5. The third-order valence-corrected chi connectivity index (χ3v) is 3.77. The molecule has 1 heterocycles. The zero-order chi connectivity index (χ0) is 12.2. The van der Waals surface area contributed by atoms with E-state index in [4.69, 9.17) is 15.6 Å². The maximum Gasteiger partial charge on any atom is 0.321 e. The van der Waals surface area contributed by atoms with Gasteiger partial charge in [-0.2, -0.15) is 0 Å². The van der Waals surface area contributed by atoms with Crippen LogP contribution in [-0.4, -0.2) is 50.5 Å². The van der Waals surface area contributed by atoms with Gasteiger partial charge in [0.25, 0.3) is 0 Å². The van der Waals surface area contributed by atoms with Gasteiger partial charge in [0.2, 0.25) is 10.0 Å². The number of nitrogens with one attached hydrogen (secondary N) is 1. The highest BCUT2D eigenvalue weighted by Crippen LogP contribution is 2.07. The molecule has 0 radical (unpaired) electrons. The number of ether oxygens (including phenoxy) is 1. The first-order chi connectivity index (χ1) is 7.41. The first-order valence-corrected chi connectivity index (χ1v) is 6.62. The summed E-state index contributed by atoms with van der Waals surface area (Å²) in [5.41, 5.74) is 5.16. The molecule has 8 heteroatoms. The minimum atomic E-state index is -3.64. The van der Waals surface area contributed by atoms with Gasteiger partial charge in [0, 0.05) is 19.3 Å². The Bertz CT molecular complexity index is 336. The Morgan fingerprint density at radius 3 is 2.56 bits per heavy atom. The van der Waals surface area contributed by atoms with Crippen molar-refractivity contribution in [3.63, 3.8) is 0 Å². The number of aliphatic carboxylic acids is 1. The van der Waals surface area contributed by atoms with E-state index in [1.807, 2.05) is 0 Å². The topological polar surface area (TPSA) is 119 Å². The van der Waals surface area contributed by atoms with E-state index in [0.717, 1.165) is 0 Å². The molecule has 0 unspecified atom stereocenters. The van der Waals surface area contributed by atoms with Gasteiger partial charge in [-0.1, -0.05) is 0 Å². The van der Waals surface area contributed by atoms with Crippen LogP contribution in [-0.2, 0) is 19.6 Å². The van der Waals surface area contributed by atoms with Crippen molar-refractivity contribution in [2.75, 3.05) is 19.0 Å². The van der Waals surface area contributed by atoms with E-state index in [9.17, 15) is 13.2 Å². The molecule has 7 nitrogen and oxygen atoms in total. The highest BCUT2D eigenvalue weighted by Gasteiger charge is 2.25. The zero-order valence-electron chi connectivity index (χ0n) is 8.76. The Morgan fingerprint density at radius 1 is 1.50 bits per heavy atom. The lowest BCUT2D eigenvalue weighted by Crippen LogP contribution is -2.46. The number of carboxylic acid groups (broad SMARTS) is 1. The highest BCUT2D eigenvalue weighted by molar-refractivity contribution is 7.89. The lowest BCUT2D eigenvalue weighted by atomic mass is 10.1. The van der Waals surface area contributed by atoms with Crippen molar-refractivity contribution >= 4 is 16.0 Å². The van der Waals surface area contributed by atoms with E-state index < -0.39 is 27.8 Å². The van der Waals surface area contributed by atoms with Gasteiger partial charge in [-0.25, -0.2) is 13.1 Å². The molecule has 0 saturated carbocycles. The van der Waals surface area contributed by atoms with E-state index in [0.29, 0.717) is 26.1 Å². The standard InChI is InChI=1S/C8H16N2O5S/c9-7(8(11)12)5-16(13,14)10-6-1-3-15-4-2-6/h6-7,10H,1-5,9H2,(H,11,12)/t7-/m0/s1. The second-order valence-corrected chi connectivity index (χ2v) is 5.53. The van der Waals surface area contributed by atoms with Gasteiger partial charge < -0.3 is 15.6 Å². The molecule has 0 aromatic rings. The summed E-state index contributed by atoms with van der Waals surface area (Å²) in [6, 6.07) is -1.57. The maximum absolute atomic E-state index is 11.5. The summed E-state index contributed by atoms with van der Waals surface area (Å²) in [5, 5.41) is 8.51. The average molecular weight is 252 g/mol. The molecule has 0 aromatic heterocycles. The molecule has 94 valence electrons. The number of rotatable bonds is 5. The van der Waals surface area contributed by atoms with Crippen LogP contribution < -0.4 is 10.5 Å². The van der Waals surface area contributed by atoms with E-state index >= 15 is 0 Å². The molecule has 0 aromatic carbocycles. The van der Waals surface area contributed by atoms with Crippen molar-refractivity contribution in [1.82, 2.24) is 4.72 Å². The van der Waals surface area contributed by atoms with Crippen molar-refractivity contribution in [3.8, 4) is 0 Å². The summed E-state index contributed by atoms with van der Waals surface area (Å²) in [4.78, 5) is 10.4. The third-order valence-electron chi connectivity index (χ3n) is 2.28. The summed E-state index contributed by atoms with van der Waals surface area (Å²) in [5.74, 6) is -1.92. The molecule has 16 heavy (non-hydrogen) atoms. The average Bonchev–Trinajstić information content (AvgIpc) is 2.17. The summed E-state index contributed by atoms with van der Waals surface area (Å²) in [6.45, 7) is 1.02. The molecule has 4 N–H and O–H groups in total. The number of sulfonamides is 1. The van der Waals surface area contributed by atoms with E-state index in [1.165, 1.54) is 0 Å². The summed E-state index contributed by atoms with van der Waals surface area (Å²) in [7, 11) is -3.64.